The zero-order valence-electron chi connectivity index (χ0n) is 13.8. The number of aromatic nitrogens is 1. The van der Waals surface area contributed by atoms with Crippen molar-refractivity contribution in [3.63, 3.8) is 0 Å². The van der Waals surface area contributed by atoms with Crippen LogP contribution in [0.2, 0.25) is 0 Å². The maximum Gasteiger partial charge on any atom is 0.337 e. The van der Waals surface area contributed by atoms with E-state index < -0.39 is 0 Å². The second kappa shape index (κ2) is 7.49. The number of benzene rings is 2. The Morgan fingerprint density at radius 2 is 1.92 bits per heavy atom. The molecular formula is C20H18N2O3. The molecular weight excluding hydrogens is 316 g/mol. The van der Waals surface area contributed by atoms with Crippen LogP contribution >= 0.6 is 0 Å². The Balaban J connectivity index is 1.78. The third kappa shape index (κ3) is 4.14. The van der Waals surface area contributed by atoms with Gasteiger partial charge in [0.25, 0.3) is 0 Å². The third-order valence-electron chi connectivity index (χ3n) is 3.76. The smallest absolute Gasteiger partial charge is 0.337 e. The number of nitrogens with one attached hydrogen (secondary N) is 1. The highest BCUT2D eigenvalue weighted by Crippen LogP contribution is 2.23. The number of ether oxygens (including phenoxy) is 1. The molecule has 0 fully saturated rings. The van der Waals surface area contributed by atoms with Crippen LogP contribution in [0.4, 0.5) is 5.69 Å². The van der Waals surface area contributed by atoms with E-state index >= 15 is 0 Å². The fourth-order valence-corrected chi connectivity index (χ4v) is 2.51. The average molecular weight is 334 g/mol. The van der Waals surface area contributed by atoms with Gasteiger partial charge in [0.05, 0.1) is 18.4 Å². The van der Waals surface area contributed by atoms with Gasteiger partial charge in [-0.1, -0.05) is 24.3 Å². The highest BCUT2D eigenvalue weighted by atomic mass is 16.5. The number of carbonyl (C=O) groups excluding carboxylic acids is 1. The first kappa shape index (κ1) is 16.5. The number of hydrogen-bond acceptors (Lipinski definition) is 5. The maximum atomic E-state index is 11.7. The molecule has 126 valence electrons. The highest BCUT2D eigenvalue weighted by molar-refractivity contribution is 5.91. The quantitative estimate of drug-likeness (QED) is 0.693. The van der Waals surface area contributed by atoms with Gasteiger partial charge in [-0.3, -0.25) is 4.98 Å². The SMILES string of the molecule is COC(=O)c1cccc(-c2cncc(NCc3cccc(O)c3)c2)c1. The molecule has 0 spiro atoms. The molecule has 1 aromatic heterocycles. The lowest BCUT2D eigenvalue weighted by Gasteiger charge is -2.09. The minimum Gasteiger partial charge on any atom is -0.508 e. The fraction of sp³-hybridized carbons (Fsp3) is 0.100. The molecule has 0 radical (unpaired) electrons. The van der Waals surface area contributed by atoms with Gasteiger partial charge in [-0.05, 0) is 41.5 Å². The van der Waals surface area contributed by atoms with E-state index in [1.54, 1.807) is 42.7 Å². The first-order valence-electron chi connectivity index (χ1n) is 7.81. The van der Waals surface area contributed by atoms with Crippen LogP contribution < -0.4 is 5.32 Å². The van der Waals surface area contributed by atoms with E-state index in [4.69, 9.17) is 4.74 Å². The van der Waals surface area contributed by atoms with Gasteiger partial charge in [0, 0.05) is 24.5 Å². The van der Waals surface area contributed by atoms with Crippen LogP contribution in [0.25, 0.3) is 11.1 Å². The Labute approximate surface area is 145 Å². The van der Waals surface area contributed by atoms with Gasteiger partial charge in [0.1, 0.15) is 5.75 Å². The van der Waals surface area contributed by atoms with Crippen molar-refractivity contribution in [3.8, 4) is 16.9 Å². The number of aromatic hydroxyl groups is 1. The molecule has 0 saturated carbocycles. The second-order valence-electron chi connectivity index (χ2n) is 5.56. The molecule has 0 saturated heterocycles. The van der Waals surface area contributed by atoms with Gasteiger partial charge in [-0.2, -0.15) is 0 Å². The van der Waals surface area contributed by atoms with Crippen molar-refractivity contribution < 1.29 is 14.6 Å². The Kier molecular flexibility index (Phi) is 4.95. The molecule has 0 bridgehead atoms. The van der Waals surface area contributed by atoms with Crippen LogP contribution in [-0.4, -0.2) is 23.2 Å². The lowest BCUT2D eigenvalue weighted by Crippen LogP contribution is -2.01. The lowest BCUT2D eigenvalue weighted by molar-refractivity contribution is 0.0601. The second-order valence-corrected chi connectivity index (χ2v) is 5.56. The van der Waals surface area contributed by atoms with Gasteiger partial charge < -0.3 is 15.2 Å². The first-order valence-corrected chi connectivity index (χ1v) is 7.81. The summed E-state index contributed by atoms with van der Waals surface area (Å²) in [5.41, 5.74) is 4.10. The third-order valence-corrected chi connectivity index (χ3v) is 3.76. The molecule has 25 heavy (non-hydrogen) atoms. The normalized spacial score (nSPS) is 10.3. The summed E-state index contributed by atoms with van der Waals surface area (Å²) in [6, 6.07) is 16.3. The van der Waals surface area contributed by atoms with E-state index in [0.29, 0.717) is 12.1 Å². The van der Waals surface area contributed by atoms with Crippen molar-refractivity contribution >= 4 is 11.7 Å². The molecule has 0 atom stereocenters. The summed E-state index contributed by atoms with van der Waals surface area (Å²) in [5.74, 6) is -0.126. The number of phenolic OH excluding ortho intramolecular Hbond substituents is 1. The summed E-state index contributed by atoms with van der Waals surface area (Å²) in [6.45, 7) is 0.571. The van der Waals surface area contributed by atoms with Crippen LogP contribution in [0.15, 0.2) is 67.0 Å². The largest absolute Gasteiger partial charge is 0.508 e. The number of phenols is 1. The first-order chi connectivity index (χ1) is 12.2. The number of methoxy groups -OCH3 is 1. The van der Waals surface area contributed by atoms with Crippen molar-refractivity contribution in [1.82, 2.24) is 4.98 Å². The van der Waals surface area contributed by atoms with Crippen LogP contribution in [0.5, 0.6) is 5.75 Å². The average Bonchev–Trinajstić information content (AvgIpc) is 2.66. The van der Waals surface area contributed by atoms with Gasteiger partial charge in [-0.15, -0.1) is 0 Å². The molecule has 3 rings (SSSR count). The maximum absolute atomic E-state index is 11.7. The zero-order valence-corrected chi connectivity index (χ0v) is 13.8. The van der Waals surface area contributed by atoms with Crippen LogP contribution in [0, 0.1) is 0 Å². The van der Waals surface area contributed by atoms with Crippen molar-refractivity contribution in [1.29, 1.82) is 0 Å². The van der Waals surface area contributed by atoms with Crippen LogP contribution in [0.3, 0.4) is 0 Å². The summed E-state index contributed by atoms with van der Waals surface area (Å²) in [7, 11) is 1.36. The molecule has 5 heteroatoms. The number of rotatable bonds is 5. The fourth-order valence-electron chi connectivity index (χ4n) is 2.51. The Morgan fingerprint density at radius 3 is 2.72 bits per heavy atom. The van der Waals surface area contributed by atoms with Gasteiger partial charge >= 0.3 is 5.97 Å². The van der Waals surface area contributed by atoms with Crippen LogP contribution in [-0.2, 0) is 11.3 Å². The van der Waals surface area contributed by atoms with Crippen molar-refractivity contribution in [3.05, 3.63) is 78.1 Å². The predicted octanol–water partition coefficient (Wildman–Crippen LogP) is 3.85. The van der Waals surface area contributed by atoms with Gasteiger partial charge in [0.15, 0.2) is 0 Å². The molecule has 0 amide bonds. The molecule has 1 heterocycles. The summed E-state index contributed by atoms with van der Waals surface area (Å²) < 4.78 is 4.76. The van der Waals surface area contributed by atoms with Gasteiger partial charge in [0.2, 0.25) is 0 Å². The molecule has 3 aromatic rings. The van der Waals surface area contributed by atoms with E-state index in [-0.39, 0.29) is 11.7 Å². The van der Waals surface area contributed by atoms with Gasteiger partial charge in [-0.25, -0.2) is 4.79 Å². The Hall–Kier alpha value is -3.34. The Bertz CT molecular complexity index is 893. The van der Waals surface area contributed by atoms with Crippen molar-refractivity contribution in [2.45, 2.75) is 6.54 Å². The standard InChI is InChI=1S/C20H18N2O3/c1-25-20(24)16-6-3-5-15(9-16)17-10-18(13-21-12-17)22-11-14-4-2-7-19(23)8-14/h2-10,12-13,22-23H,11H2,1H3. The summed E-state index contributed by atoms with van der Waals surface area (Å²) in [5, 5.41) is 12.8. The van der Waals surface area contributed by atoms with Crippen molar-refractivity contribution in [2.24, 2.45) is 0 Å². The van der Waals surface area contributed by atoms with Crippen molar-refractivity contribution in [2.75, 3.05) is 12.4 Å². The number of hydrogen-bond donors (Lipinski definition) is 2. The molecule has 2 aromatic carbocycles. The lowest BCUT2D eigenvalue weighted by atomic mass is 10.0. The summed E-state index contributed by atoms with van der Waals surface area (Å²) in [6.07, 6.45) is 3.48. The summed E-state index contributed by atoms with van der Waals surface area (Å²) >= 11 is 0. The predicted molar refractivity (Wildman–Crippen MR) is 96.4 cm³/mol. The molecule has 0 aliphatic rings. The number of nitrogens with zero attached hydrogens (tertiary/aromatic N) is 1. The Morgan fingerprint density at radius 1 is 1.08 bits per heavy atom. The highest BCUT2D eigenvalue weighted by Gasteiger charge is 2.07. The van der Waals surface area contributed by atoms with E-state index in [1.165, 1.54) is 7.11 Å². The number of anilines is 1. The van der Waals surface area contributed by atoms with E-state index in [1.807, 2.05) is 24.3 Å². The zero-order chi connectivity index (χ0) is 17.6. The molecule has 0 aliphatic carbocycles. The van der Waals surface area contributed by atoms with E-state index in [9.17, 15) is 9.90 Å². The monoisotopic (exact) mass is 334 g/mol. The van der Waals surface area contributed by atoms with E-state index in [2.05, 4.69) is 10.3 Å². The summed E-state index contributed by atoms with van der Waals surface area (Å²) in [4.78, 5) is 15.9. The number of carbonyl (C=O) groups is 1. The molecule has 5 nitrogen and oxygen atoms in total. The molecule has 0 aliphatic heterocycles. The molecule has 2 N–H and O–H groups in total. The molecule has 0 unspecified atom stereocenters. The number of pyridine rings is 1. The minimum atomic E-state index is -0.368. The van der Waals surface area contributed by atoms with E-state index in [0.717, 1.165) is 22.4 Å². The number of esters is 1. The minimum absolute atomic E-state index is 0.241. The van der Waals surface area contributed by atoms with Crippen LogP contribution in [0.1, 0.15) is 15.9 Å². The topological polar surface area (TPSA) is 71.5 Å².